The monoisotopic (exact) mass is 514 g/mol. The van der Waals surface area contributed by atoms with Crippen LogP contribution in [0.2, 0.25) is 0 Å². The van der Waals surface area contributed by atoms with Gasteiger partial charge in [-0.2, -0.15) is 0 Å². The summed E-state index contributed by atoms with van der Waals surface area (Å²) in [6, 6.07) is 11.0. The number of hydrogen-bond donors (Lipinski definition) is 0. The van der Waals surface area contributed by atoms with Crippen molar-refractivity contribution in [2.45, 2.75) is 13.6 Å². The van der Waals surface area contributed by atoms with E-state index in [0.29, 0.717) is 17.7 Å². The van der Waals surface area contributed by atoms with Crippen LogP contribution in [0.25, 0.3) is 22.3 Å². The van der Waals surface area contributed by atoms with Crippen LogP contribution in [0.3, 0.4) is 0 Å². The summed E-state index contributed by atoms with van der Waals surface area (Å²) in [5.74, 6) is -8.74. The number of rotatable bonds is 4. The Morgan fingerprint density at radius 1 is 0.583 bits per heavy atom. The van der Waals surface area contributed by atoms with Crippen molar-refractivity contribution in [2.24, 2.45) is 0 Å². The molecule has 0 bridgehead atoms. The SMILES string of the molecule is Cc1ccc(-c2ccc(-c3cc(F)c(CF)c(F)c3)c(F)c2)c(F)c1.FOc1cc(F)c(F)c(F)c1. The van der Waals surface area contributed by atoms with E-state index in [9.17, 15) is 39.6 Å². The first-order valence-electron chi connectivity index (χ1n) is 10.1. The highest BCUT2D eigenvalue weighted by Gasteiger charge is 2.16. The van der Waals surface area contributed by atoms with Crippen molar-refractivity contribution in [3.63, 3.8) is 0 Å². The van der Waals surface area contributed by atoms with E-state index in [1.165, 1.54) is 24.3 Å². The highest BCUT2D eigenvalue weighted by atomic mass is 19.3. The summed E-state index contributed by atoms with van der Waals surface area (Å²) in [7, 11) is 0. The first kappa shape index (κ1) is 26.7. The fourth-order valence-corrected chi connectivity index (χ4v) is 3.23. The van der Waals surface area contributed by atoms with Gasteiger partial charge in [0, 0.05) is 27.8 Å². The van der Waals surface area contributed by atoms with Gasteiger partial charge in [-0.15, -0.1) is 0 Å². The lowest BCUT2D eigenvalue weighted by molar-refractivity contribution is -0.00711. The maximum atomic E-state index is 14.4. The Balaban J connectivity index is 0.000000275. The molecule has 188 valence electrons. The molecule has 10 heteroatoms. The van der Waals surface area contributed by atoms with E-state index in [0.717, 1.165) is 23.8 Å². The van der Waals surface area contributed by atoms with Crippen molar-refractivity contribution >= 4 is 0 Å². The van der Waals surface area contributed by atoms with E-state index < -0.39 is 58.7 Å². The predicted molar refractivity (Wildman–Crippen MR) is 115 cm³/mol. The molecule has 0 atom stereocenters. The molecule has 0 amide bonds. The molecule has 0 radical (unpaired) electrons. The molecule has 0 aromatic heterocycles. The molecule has 0 N–H and O–H groups in total. The third kappa shape index (κ3) is 5.81. The zero-order chi connectivity index (χ0) is 26.6. The fourth-order valence-electron chi connectivity index (χ4n) is 3.23. The summed E-state index contributed by atoms with van der Waals surface area (Å²) in [4.78, 5) is 2.98. The first-order valence-corrected chi connectivity index (χ1v) is 10.1. The van der Waals surface area contributed by atoms with Gasteiger partial charge in [0.05, 0.1) is 5.56 Å². The Kier molecular flexibility index (Phi) is 8.29. The highest BCUT2D eigenvalue weighted by molar-refractivity contribution is 5.71. The molecule has 4 rings (SSSR count). The molecule has 0 heterocycles. The van der Waals surface area contributed by atoms with Crippen LogP contribution >= 0.6 is 0 Å². The standard InChI is InChI=1S/C20H13F5.C6H2F4O/c1-11-2-4-14(17(22)6-11)12-3-5-15(18(23)7-12)13-8-19(24)16(10-21)20(25)9-13;7-4-1-3(11-10)2-5(8)6(4)9/h2-9H,10H2,1H3;1-2H. The molecule has 36 heavy (non-hydrogen) atoms. The largest absolute Gasteiger partial charge is 0.294 e. The average Bonchev–Trinajstić information content (AvgIpc) is 2.82. The summed E-state index contributed by atoms with van der Waals surface area (Å²) in [5.41, 5.74) is 0.459. The van der Waals surface area contributed by atoms with Gasteiger partial charge in [-0.1, -0.05) is 24.3 Å². The molecule has 0 aliphatic rings. The quantitative estimate of drug-likeness (QED) is 0.196. The van der Waals surface area contributed by atoms with Crippen LogP contribution in [0.4, 0.5) is 39.6 Å². The van der Waals surface area contributed by atoms with E-state index in [1.54, 1.807) is 13.0 Å². The Morgan fingerprint density at radius 3 is 1.58 bits per heavy atom. The molecular formula is C26H15F9O. The van der Waals surface area contributed by atoms with E-state index in [1.807, 2.05) is 0 Å². The zero-order valence-electron chi connectivity index (χ0n) is 18.3. The Hall–Kier alpha value is -3.95. The molecule has 1 nitrogen and oxygen atoms in total. The number of hydrogen-bond acceptors (Lipinski definition) is 1. The van der Waals surface area contributed by atoms with Gasteiger partial charge in [-0.25, -0.2) is 35.1 Å². The molecule has 0 aliphatic heterocycles. The van der Waals surface area contributed by atoms with Crippen molar-refractivity contribution in [1.29, 1.82) is 0 Å². The molecule has 4 aromatic carbocycles. The summed E-state index contributed by atoms with van der Waals surface area (Å²) in [5, 5.41) is 0. The van der Waals surface area contributed by atoms with Crippen molar-refractivity contribution < 1.29 is 44.6 Å². The minimum atomic E-state index is -1.65. The summed E-state index contributed by atoms with van der Waals surface area (Å²) in [6.45, 7) is 0.451. The van der Waals surface area contributed by atoms with Gasteiger partial charge < -0.3 is 0 Å². The number of alkyl halides is 1. The van der Waals surface area contributed by atoms with Crippen LogP contribution in [0.15, 0.2) is 60.7 Å². The molecule has 4 aromatic rings. The minimum Gasteiger partial charge on any atom is -0.294 e. The second kappa shape index (κ2) is 11.2. The van der Waals surface area contributed by atoms with Crippen LogP contribution in [0.1, 0.15) is 11.1 Å². The molecule has 0 fully saturated rings. The third-order valence-corrected chi connectivity index (χ3v) is 5.04. The van der Waals surface area contributed by atoms with Crippen molar-refractivity contribution in [1.82, 2.24) is 0 Å². The van der Waals surface area contributed by atoms with Gasteiger partial charge in [0.2, 0.25) is 0 Å². The van der Waals surface area contributed by atoms with Gasteiger partial charge >= 0.3 is 0 Å². The van der Waals surface area contributed by atoms with Crippen LogP contribution in [0.5, 0.6) is 5.75 Å². The van der Waals surface area contributed by atoms with E-state index in [4.69, 9.17) is 0 Å². The Labute approximate surface area is 199 Å². The summed E-state index contributed by atoms with van der Waals surface area (Å²) >= 11 is 0. The second-order valence-electron chi connectivity index (χ2n) is 7.51. The molecule has 0 spiro atoms. The maximum absolute atomic E-state index is 14.4. The van der Waals surface area contributed by atoms with Gasteiger partial charge in [-0.05, 0) is 47.9 Å². The van der Waals surface area contributed by atoms with Gasteiger partial charge in [0.25, 0.3) is 0 Å². The minimum absolute atomic E-state index is 0.0550. The van der Waals surface area contributed by atoms with Crippen molar-refractivity contribution in [3.05, 3.63) is 113 Å². The van der Waals surface area contributed by atoms with Crippen LogP contribution < -0.4 is 4.94 Å². The zero-order valence-corrected chi connectivity index (χ0v) is 18.3. The van der Waals surface area contributed by atoms with Crippen molar-refractivity contribution in [2.75, 3.05) is 0 Å². The van der Waals surface area contributed by atoms with Gasteiger partial charge in [0.15, 0.2) is 23.2 Å². The highest BCUT2D eigenvalue weighted by Crippen LogP contribution is 2.31. The topological polar surface area (TPSA) is 9.23 Å². The second-order valence-corrected chi connectivity index (χ2v) is 7.51. The van der Waals surface area contributed by atoms with Gasteiger partial charge in [-0.3, -0.25) is 4.94 Å². The molecule has 0 aliphatic carbocycles. The lowest BCUT2D eigenvalue weighted by Crippen LogP contribution is -1.96. The van der Waals surface area contributed by atoms with Crippen molar-refractivity contribution in [3.8, 4) is 28.0 Å². The maximum Gasteiger partial charge on any atom is 0.194 e. The van der Waals surface area contributed by atoms with E-state index in [-0.39, 0.29) is 16.7 Å². The lowest BCUT2D eigenvalue weighted by Gasteiger charge is -2.10. The third-order valence-electron chi connectivity index (χ3n) is 5.04. The fraction of sp³-hybridized carbons (Fsp3) is 0.0769. The smallest absolute Gasteiger partial charge is 0.194 e. The van der Waals surface area contributed by atoms with E-state index in [2.05, 4.69) is 4.94 Å². The predicted octanol–water partition coefficient (Wildman–Crippen LogP) is 8.72. The lowest BCUT2D eigenvalue weighted by atomic mass is 9.98. The van der Waals surface area contributed by atoms with Crippen LogP contribution in [0, 0.1) is 47.6 Å². The summed E-state index contributed by atoms with van der Waals surface area (Å²) < 4.78 is 116. The van der Waals surface area contributed by atoms with E-state index >= 15 is 0 Å². The Bertz CT molecular complexity index is 1360. The number of aryl methyl sites for hydroxylation is 1. The number of halogens is 9. The first-order chi connectivity index (χ1) is 17.0. The number of benzene rings is 4. The van der Waals surface area contributed by atoms with Gasteiger partial charge in [0.1, 0.15) is 29.9 Å². The Morgan fingerprint density at radius 2 is 1.08 bits per heavy atom. The molecular weight excluding hydrogens is 499 g/mol. The molecule has 0 saturated heterocycles. The van der Waals surface area contributed by atoms with Crippen LogP contribution in [-0.2, 0) is 6.67 Å². The average molecular weight is 514 g/mol. The summed E-state index contributed by atoms with van der Waals surface area (Å²) in [6.07, 6.45) is 0. The molecule has 0 saturated carbocycles. The van der Waals surface area contributed by atoms with Crippen LogP contribution in [-0.4, -0.2) is 0 Å². The molecule has 0 unspecified atom stereocenters. The normalized spacial score (nSPS) is 10.6.